The monoisotopic (exact) mass is 404 g/mol. The van der Waals surface area contributed by atoms with Gasteiger partial charge in [0.05, 0.1) is 11.8 Å². The van der Waals surface area contributed by atoms with E-state index < -0.39 is 11.4 Å². The Bertz CT molecular complexity index is 1370. The number of hydrogen-bond acceptors (Lipinski definition) is 6. The van der Waals surface area contributed by atoms with E-state index in [0.717, 1.165) is 16.5 Å². The fourth-order valence-electron chi connectivity index (χ4n) is 3.36. The molecule has 30 heavy (non-hydrogen) atoms. The maximum absolute atomic E-state index is 13.6. The van der Waals surface area contributed by atoms with Crippen LogP contribution < -0.4 is 0 Å². The third-order valence-corrected chi connectivity index (χ3v) is 5.05. The first kappa shape index (κ1) is 18.2. The second-order valence-corrected chi connectivity index (χ2v) is 7.23. The number of aromatic amines is 1. The lowest BCUT2D eigenvalue weighted by Crippen LogP contribution is -2.24. The van der Waals surface area contributed by atoms with Gasteiger partial charge in [-0.15, -0.1) is 0 Å². The van der Waals surface area contributed by atoms with Gasteiger partial charge in [-0.25, -0.2) is 9.37 Å². The number of rotatable bonds is 4. The van der Waals surface area contributed by atoms with Gasteiger partial charge in [-0.05, 0) is 30.7 Å². The zero-order valence-electron chi connectivity index (χ0n) is 16.2. The van der Waals surface area contributed by atoms with Gasteiger partial charge in [-0.1, -0.05) is 17.3 Å². The Kier molecular flexibility index (Phi) is 4.00. The Morgan fingerprint density at radius 1 is 1.20 bits per heavy atom. The van der Waals surface area contributed by atoms with E-state index in [-0.39, 0.29) is 11.7 Å². The normalized spacial score (nSPS) is 13.6. The summed E-state index contributed by atoms with van der Waals surface area (Å²) in [5.74, 6) is -0.200. The van der Waals surface area contributed by atoms with Crippen molar-refractivity contribution in [3.63, 3.8) is 0 Å². The Balaban J connectivity index is 1.56. The number of H-pyrrole nitrogens is 1. The number of pyridine rings is 1. The van der Waals surface area contributed by atoms with E-state index in [2.05, 4.69) is 25.2 Å². The van der Waals surface area contributed by atoms with E-state index in [9.17, 15) is 9.50 Å². The highest BCUT2D eigenvalue weighted by molar-refractivity contribution is 5.93. The van der Waals surface area contributed by atoms with Gasteiger partial charge in [0.1, 0.15) is 17.1 Å². The molecule has 4 heterocycles. The average molecular weight is 404 g/mol. The molecule has 9 heteroatoms. The molecule has 0 bridgehead atoms. The highest BCUT2D eigenvalue weighted by atomic mass is 19.1. The SMILES string of the molecule is Cn1cc(-c2cnc3[nH]cc(-c4nc(C(C)(O)c5cccc(F)c5)no4)c3c2)cn1. The molecule has 2 N–H and O–H groups in total. The van der Waals surface area contributed by atoms with Crippen molar-refractivity contribution in [1.82, 2.24) is 29.9 Å². The summed E-state index contributed by atoms with van der Waals surface area (Å²) in [5, 5.41) is 19.8. The van der Waals surface area contributed by atoms with E-state index in [0.29, 0.717) is 16.8 Å². The van der Waals surface area contributed by atoms with Crippen molar-refractivity contribution in [2.75, 3.05) is 0 Å². The van der Waals surface area contributed by atoms with Crippen molar-refractivity contribution < 1.29 is 14.0 Å². The van der Waals surface area contributed by atoms with Crippen LogP contribution in [0.3, 0.4) is 0 Å². The van der Waals surface area contributed by atoms with Crippen molar-refractivity contribution in [3.05, 3.63) is 72.3 Å². The fraction of sp³-hybridized carbons (Fsp3) is 0.143. The Morgan fingerprint density at radius 2 is 2.07 bits per heavy atom. The van der Waals surface area contributed by atoms with Crippen LogP contribution in [-0.2, 0) is 12.6 Å². The first-order chi connectivity index (χ1) is 14.4. The Morgan fingerprint density at radius 3 is 2.83 bits per heavy atom. The van der Waals surface area contributed by atoms with Crippen molar-refractivity contribution in [2.24, 2.45) is 7.05 Å². The number of fused-ring (bicyclic) bond motifs is 1. The van der Waals surface area contributed by atoms with Crippen LogP contribution in [0.5, 0.6) is 0 Å². The van der Waals surface area contributed by atoms with E-state index in [1.165, 1.54) is 25.1 Å². The second kappa shape index (κ2) is 6.60. The topological polar surface area (TPSA) is 106 Å². The molecule has 0 radical (unpaired) electrons. The van der Waals surface area contributed by atoms with Gasteiger partial charge in [0.15, 0.2) is 0 Å². The minimum Gasteiger partial charge on any atom is -0.377 e. The summed E-state index contributed by atoms with van der Waals surface area (Å²) in [7, 11) is 1.85. The number of aliphatic hydroxyl groups is 1. The van der Waals surface area contributed by atoms with E-state index >= 15 is 0 Å². The van der Waals surface area contributed by atoms with Crippen LogP contribution >= 0.6 is 0 Å². The lowest BCUT2D eigenvalue weighted by molar-refractivity contribution is 0.0889. The molecule has 8 nitrogen and oxygen atoms in total. The summed E-state index contributed by atoms with van der Waals surface area (Å²) in [6.07, 6.45) is 7.14. The van der Waals surface area contributed by atoms with Gasteiger partial charge >= 0.3 is 0 Å². The molecule has 0 aliphatic carbocycles. The van der Waals surface area contributed by atoms with Crippen LogP contribution in [0, 0.1) is 5.82 Å². The molecule has 4 aromatic heterocycles. The molecule has 0 amide bonds. The maximum Gasteiger partial charge on any atom is 0.260 e. The highest BCUT2D eigenvalue weighted by Gasteiger charge is 2.32. The molecule has 1 atom stereocenters. The molecule has 0 fully saturated rings. The molecule has 150 valence electrons. The summed E-state index contributed by atoms with van der Waals surface area (Å²) in [5.41, 5.74) is 1.85. The molecule has 0 saturated carbocycles. The van der Waals surface area contributed by atoms with E-state index in [1.807, 2.05) is 19.3 Å². The van der Waals surface area contributed by atoms with Crippen LogP contribution in [-0.4, -0.2) is 35.0 Å². The van der Waals surface area contributed by atoms with E-state index in [1.54, 1.807) is 29.3 Å². The summed E-state index contributed by atoms with van der Waals surface area (Å²) >= 11 is 0. The third-order valence-electron chi connectivity index (χ3n) is 5.05. The fourth-order valence-corrected chi connectivity index (χ4v) is 3.36. The van der Waals surface area contributed by atoms with Gasteiger partial charge < -0.3 is 14.6 Å². The molecule has 0 aliphatic heterocycles. The molecule has 5 aromatic rings. The van der Waals surface area contributed by atoms with Crippen LogP contribution in [0.15, 0.2) is 59.6 Å². The molecule has 0 spiro atoms. The molecule has 0 aliphatic rings. The molecule has 5 rings (SSSR count). The quantitative estimate of drug-likeness (QED) is 0.476. The number of aromatic nitrogens is 6. The zero-order valence-corrected chi connectivity index (χ0v) is 16.2. The minimum atomic E-state index is -1.62. The summed E-state index contributed by atoms with van der Waals surface area (Å²) in [4.78, 5) is 11.9. The number of nitrogens with one attached hydrogen (secondary N) is 1. The van der Waals surface area contributed by atoms with Crippen LogP contribution in [0.4, 0.5) is 4.39 Å². The van der Waals surface area contributed by atoms with Crippen LogP contribution in [0.2, 0.25) is 0 Å². The van der Waals surface area contributed by atoms with Gasteiger partial charge in [0.25, 0.3) is 5.89 Å². The summed E-state index contributed by atoms with van der Waals surface area (Å²) in [6, 6.07) is 7.63. The maximum atomic E-state index is 13.6. The smallest absolute Gasteiger partial charge is 0.260 e. The first-order valence-electron chi connectivity index (χ1n) is 9.21. The predicted octanol–water partition coefficient (Wildman–Crippen LogP) is 3.41. The molecule has 0 saturated heterocycles. The van der Waals surface area contributed by atoms with E-state index in [4.69, 9.17) is 4.52 Å². The number of benzene rings is 1. The summed E-state index contributed by atoms with van der Waals surface area (Å²) in [6.45, 7) is 1.49. The standard InChI is InChI=1S/C21H17FN6O2/c1-21(29,14-4-3-5-15(22)7-14)20-26-19(30-27-20)17-10-24-18-16(17)6-12(8-23-18)13-9-25-28(2)11-13/h3-11,29H,1-2H3,(H,23,24). The highest BCUT2D eigenvalue weighted by Crippen LogP contribution is 2.33. The summed E-state index contributed by atoms with van der Waals surface area (Å²) < 4.78 is 20.7. The van der Waals surface area contributed by atoms with Crippen LogP contribution in [0.25, 0.3) is 33.6 Å². The van der Waals surface area contributed by atoms with Crippen molar-refractivity contribution in [2.45, 2.75) is 12.5 Å². The average Bonchev–Trinajstić information content (AvgIpc) is 3.46. The lowest BCUT2D eigenvalue weighted by Gasteiger charge is -2.19. The van der Waals surface area contributed by atoms with Gasteiger partial charge in [-0.2, -0.15) is 10.1 Å². The largest absolute Gasteiger partial charge is 0.377 e. The molecular weight excluding hydrogens is 387 g/mol. The lowest BCUT2D eigenvalue weighted by atomic mass is 9.95. The molecule has 1 aromatic carbocycles. The molecule has 1 unspecified atom stereocenters. The third kappa shape index (κ3) is 2.96. The number of hydrogen-bond donors (Lipinski definition) is 2. The van der Waals surface area contributed by atoms with Crippen LogP contribution in [0.1, 0.15) is 18.3 Å². The van der Waals surface area contributed by atoms with Gasteiger partial charge in [0, 0.05) is 42.2 Å². The number of aryl methyl sites for hydroxylation is 1. The van der Waals surface area contributed by atoms with Gasteiger partial charge in [-0.3, -0.25) is 4.68 Å². The number of halogens is 1. The van der Waals surface area contributed by atoms with Crippen molar-refractivity contribution >= 4 is 11.0 Å². The molecular formula is C21H17FN6O2. The predicted molar refractivity (Wildman–Crippen MR) is 107 cm³/mol. The zero-order chi connectivity index (χ0) is 20.9. The second-order valence-electron chi connectivity index (χ2n) is 7.23. The van der Waals surface area contributed by atoms with Crippen molar-refractivity contribution in [3.8, 4) is 22.6 Å². The first-order valence-corrected chi connectivity index (χ1v) is 9.21. The van der Waals surface area contributed by atoms with Crippen molar-refractivity contribution in [1.29, 1.82) is 0 Å². The van der Waals surface area contributed by atoms with Gasteiger partial charge in [0.2, 0.25) is 5.82 Å². The number of nitrogens with zero attached hydrogens (tertiary/aromatic N) is 5. The Hall–Kier alpha value is -3.85. The minimum absolute atomic E-state index is 0.0359. The Labute approximate surface area is 170 Å².